The highest BCUT2D eigenvalue weighted by molar-refractivity contribution is 6.31. The summed E-state index contributed by atoms with van der Waals surface area (Å²) >= 11 is 6.26. The number of nitrogens with one attached hydrogen (secondary N) is 1. The van der Waals surface area contributed by atoms with Crippen LogP contribution in [0, 0.1) is 6.92 Å². The Balaban J connectivity index is 2.06. The normalized spacial score (nSPS) is 11.9. The maximum Gasteiger partial charge on any atom is 0.308 e. The first kappa shape index (κ1) is 22.7. The fraction of sp³-hybridized carbons (Fsp3) is 0.409. The molecule has 2 aromatic rings. The molecular weight excluding hydrogens is 394 g/mol. The Morgan fingerprint density at radius 1 is 1.21 bits per heavy atom. The SMILES string of the molecule is CC(=O)c1cc(CCC(=O)NC(CC(=O)OC(C)C)c2ccccc2Cl)oc1C. The van der Waals surface area contributed by atoms with Gasteiger partial charge in [-0.15, -0.1) is 0 Å². The van der Waals surface area contributed by atoms with Crippen LogP contribution in [0.3, 0.4) is 0 Å². The van der Waals surface area contributed by atoms with Crippen LogP contribution in [0.25, 0.3) is 0 Å². The molecule has 1 N–H and O–H groups in total. The maximum atomic E-state index is 12.5. The molecule has 2 rings (SSSR count). The van der Waals surface area contributed by atoms with Gasteiger partial charge in [-0.05, 0) is 45.4 Å². The zero-order valence-electron chi connectivity index (χ0n) is 17.1. The zero-order chi connectivity index (χ0) is 21.6. The highest BCUT2D eigenvalue weighted by atomic mass is 35.5. The lowest BCUT2D eigenvalue weighted by molar-refractivity contribution is -0.148. The molecule has 0 saturated heterocycles. The van der Waals surface area contributed by atoms with Crippen molar-refractivity contribution in [1.29, 1.82) is 0 Å². The molecule has 6 nitrogen and oxygen atoms in total. The molecule has 0 bridgehead atoms. The van der Waals surface area contributed by atoms with Gasteiger partial charge in [-0.3, -0.25) is 14.4 Å². The van der Waals surface area contributed by atoms with Crippen molar-refractivity contribution >= 4 is 29.3 Å². The second kappa shape index (κ2) is 10.3. The molecule has 1 atom stereocenters. The third-order valence-electron chi connectivity index (χ3n) is 4.30. The fourth-order valence-corrected chi connectivity index (χ4v) is 3.26. The van der Waals surface area contributed by atoms with Crippen LogP contribution in [-0.4, -0.2) is 23.8 Å². The van der Waals surface area contributed by atoms with Gasteiger partial charge in [0.1, 0.15) is 11.5 Å². The van der Waals surface area contributed by atoms with E-state index < -0.39 is 12.0 Å². The average Bonchev–Trinajstić information content (AvgIpc) is 3.00. The van der Waals surface area contributed by atoms with Gasteiger partial charge in [0.05, 0.1) is 24.1 Å². The Morgan fingerprint density at radius 3 is 2.48 bits per heavy atom. The van der Waals surface area contributed by atoms with Gasteiger partial charge < -0.3 is 14.5 Å². The van der Waals surface area contributed by atoms with E-state index in [-0.39, 0.29) is 30.6 Å². The van der Waals surface area contributed by atoms with Crippen LogP contribution in [-0.2, 0) is 20.7 Å². The number of aryl methyl sites for hydroxylation is 2. The van der Waals surface area contributed by atoms with Gasteiger partial charge in [0.2, 0.25) is 5.91 Å². The molecule has 0 saturated carbocycles. The first-order valence-electron chi connectivity index (χ1n) is 9.51. The van der Waals surface area contributed by atoms with Gasteiger partial charge in [0.25, 0.3) is 0 Å². The molecule has 1 aromatic heterocycles. The van der Waals surface area contributed by atoms with E-state index in [2.05, 4.69) is 5.32 Å². The van der Waals surface area contributed by atoms with Gasteiger partial charge in [0.15, 0.2) is 5.78 Å². The smallest absolute Gasteiger partial charge is 0.308 e. The van der Waals surface area contributed by atoms with E-state index in [1.54, 1.807) is 51.1 Å². The number of amides is 1. The Bertz CT molecular complexity index is 887. The number of carbonyl (C=O) groups is 3. The summed E-state index contributed by atoms with van der Waals surface area (Å²) in [6.07, 6.45) is 0.209. The van der Waals surface area contributed by atoms with Gasteiger partial charge in [-0.2, -0.15) is 0 Å². The molecule has 0 spiro atoms. The quantitative estimate of drug-likeness (QED) is 0.475. The van der Waals surface area contributed by atoms with Gasteiger partial charge in [-0.25, -0.2) is 0 Å². The molecule has 1 unspecified atom stereocenters. The standard InChI is InChI=1S/C22H26ClNO5/c1-13(2)28-22(27)12-20(17-7-5-6-8-19(17)23)24-21(26)10-9-16-11-18(14(3)25)15(4)29-16/h5-8,11,13,20H,9-10,12H2,1-4H3,(H,24,26). The number of benzene rings is 1. The number of hydrogen-bond donors (Lipinski definition) is 1. The number of furan rings is 1. The molecule has 156 valence electrons. The molecule has 1 aromatic carbocycles. The van der Waals surface area contributed by atoms with E-state index in [0.29, 0.717) is 34.1 Å². The largest absolute Gasteiger partial charge is 0.466 e. The number of esters is 1. The summed E-state index contributed by atoms with van der Waals surface area (Å²) in [5.74, 6) is 0.350. The minimum absolute atomic E-state index is 0.0258. The lowest BCUT2D eigenvalue weighted by Gasteiger charge is -2.20. The Kier molecular flexibility index (Phi) is 8.02. The van der Waals surface area contributed by atoms with Crippen molar-refractivity contribution in [2.24, 2.45) is 0 Å². The van der Waals surface area contributed by atoms with Crippen molar-refractivity contribution in [3.63, 3.8) is 0 Å². The fourth-order valence-electron chi connectivity index (χ4n) is 2.99. The first-order valence-corrected chi connectivity index (χ1v) is 9.88. The highest BCUT2D eigenvalue weighted by Gasteiger charge is 2.22. The van der Waals surface area contributed by atoms with Crippen LogP contribution in [0.1, 0.15) is 67.1 Å². The number of rotatable bonds is 9. The van der Waals surface area contributed by atoms with Crippen molar-refractivity contribution in [2.75, 3.05) is 0 Å². The summed E-state index contributed by atoms with van der Waals surface area (Å²) in [7, 11) is 0. The lowest BCUT2D eigenvalue weighted by atomic mass is 10.0. The summed E-state index contributed by atoms with van der Waals surface area (Å²) in [6.45, 7) is 6.72. The second-order valence-corrected chi connectivity index (χ2v) is 7.53. The Labute approximate surface area is 175 Å². The van der Waals surface area contributed by atoms with Crippen molar-refractivity contribution in [1.82, 2.24) is 5.32 Å². The summed E-state index contributed by atoms with van der Waals surface area (Å²) in [5, 5.41) is 3.32. The van der Waals surface area contributed by atoms with Crippen molar-refractivity contribution in [2.45, 2.75) is 59.1 Å². The molecule has 0 aliphatic heterocycles. The van der Waals surface area contributed by atoms with Crippen molar-refractivity contribution in [3.8, 4) is 0 Å². The molecule has 0 radical (unpaired) electrons. The van der Waals surface area contributed by atoms with Crippen LogP contribution >= 0.6 is 11.6 Å². The second-order valence-electron chi connectivity index (χ2n) is 7.12. The molecule has 0 aliphatic carbocycles. The van der Waals surface area contributed by atoms with Crippen molar-refractivity contribution < 1.29 is 23.5 Å². The number of carbonyl (C=O) groups excluding carboxylic acids is 3. The predicted molar refractivity (Wildman–Crippen MR) is 110 cm³/mol. The molecule has 7 heteroatoms. The van der Waals surface area contributed by atoms with Crippen LogP contribution in [0.5, 0.6) is 0 Å². The lowest BCUT2D eigenvalue weighted by Crippen LogP contribution is -2.31. The van der Waals surface area contributed by atoms with Crippen molar-refractivity contribution in [3.05, 3.63) is 58.0 Å². The number of halogens is 1. The number of Topliss-reactive ketones (excluding diaryl/α,β-unsaturated/α-hetero) is 1. The molecule has 0 fully saturated rings. The van der Waals surface area contributed by atoms with Crippen LogP contribution in [0.15, 0.2) is 34.7 Å². The monoisotopic (exact) mass is 419 g/mol. The van der Waals surface area contributed by atoms with E-state index >= 15 is 0 Å². The van der Waals surface area contributed by atoms with Gasteiger partial charge in [0, 0.05) is 17.9 Å². The highest BCUT2D eigenvalue weighted by Crippen LogP contribution is 2.26. The molecular formula is C22H26ClNO5. The minimum Gasteiger partial charge on any atom is -0.466 e. The average molecular weight is 420 g/mol. The Morgan fingerprint density at radius 2 is 1.90 bits per heavy atom. The molecule has 1 heterocycles. The third-order valence-corrected chi connectivity index (χ3v) is 4.64. The third kappa shape index (κ3) is 6.75. The minimum atomic E-state index is -0.603. The summed E-state index contributed by atoms with van der Waals surface area (Å²) < 4.78 is 10.8. The van der Waals surface area contributed by atoms with Gasteiger partial charge in [-0.1, -0.05) is 29.8 Å². The summed E-state index contributed by atoms with van der Waals surface area (Å²) in [5.41, 5.74) is 1.17. The van der Waals surface area contributed by atoms with Crippen LogP contribution in [0.2, 0.25) is 5.02 Å². The summed E-state index contributed by atoms with van der Waals surface area (Å²) in [4.78, 5) is 36.2. The van der Waals surface area contributed by atoms with E-state index in [0.717, 1.165) is 0 Å². The van der Waals surface area contributed by atoms with Gasteiger partial charge >= 0.3 is 5.97 Å². The Hall–Kier alpha value is -2.60. The predicted octanol–water partition coefficient (Wildman–Crippen LogP) is 4.58. The zero-order valence-corrected chi connectivity index (χ0v) is 17.8. The van der Waals surface area contributed by atoms with E-state index in [1.165, 1.54) is 6.92 Å². The van der Waals surface area contributed by atoms with E-state index in [4.69, 9.17) is 20.8 Å². The van der Waals surface area contributed by atoms with Crippen LogP contribution < -0.4 is 5.32 Å². The summed E-state index contributed by atoms with van der Waals surface area (Å²) in [6, 6.07) is 8.11. The van der Waals surface area contributed by atoms with E-state index in [9.17, 15) is 14.4 Å². The maximum absolute atomic E-state index is 12.5. The van der Waals surface area contributed by atoms with Crippen LogP contribution in [0.4, 0.5) is 0 Å². The molecule has 29 heavy (non-hydrogen) atoms. The number of ketones is 1. The molecule has 1 amide bonds. The first-order chi connectivity index (χ1) is 13.7. The topological polar surface area (TPSA) is 85.6 Å². The van der Waals surface area contributed by atoms with E-state index in [1.807, 2.05) is 0 Å². The number of ether oxygens (including phenoxy) is 1. The number of hydrogen-bond acceptors (Lipinski definition) is 5. The molecule has 0 aliphatic rings.